The van der Waals surface area contributed by atoms with Gasteiger partial charge in [-0.3, -0.25) is 4.79 Å². The first kappa shape index (κ1) is 22.6. The van der Waals surface area contributed by atoms with Gasteiger partial charge in [0.15, 0.2) is 5.96 Å². The van der Waals surface area contributed by atoms with E-state index in [9.17, 15) is 4.79 Å². The van der Waals surface area contributed by atoms with Gasteiger partial charge in [0.05, 0.1) is 6.61 Å². The van der Waals surface area contributed by atoms with Crippen LogP contribution >= 0.6 is 24.0 Å². The molecule has 1 amide bonds. The number of nitrogens with one attached hydrogen (secondary N) is 2. The summed E-state index contributed by atoms with van der Waals surface area (Å²) in [7, 11) is 5.06. The van der Waals surface area contributed by atoms with Gasteiger partial charge in [0.2, 0.25) is 5.91 Å². The highest BCUT2D eigenvalue weighted by Crippen LogP contribution is 1.94. The number of hydrogen-bond donors (Lipinski definition) is 2. The summed E-state index contributed by atoms with van der Waals surface area (Å²) in [5, 5.41) is 14.3. The van der Waals surface area contributed by atoms with Gasteiger partial charge in [0, 0.05) is 47.3 Å². The van der Waals surface area contributed by atoms with Gasteiger partial charge >= 0.3 is 0 Å². The topological polar surface area (TPSA) is 96.7 Å². The predicted octanol–water partition coefficient (Wildman–Crippen LogP) is -0.272. The van der Waals surface area contributed by atoms with Crippen molar-refractivity contribution >= 4 is 35.8 Å². The van der Waals surface area contributed by atoms with Gasteiger partial charge in [-0.05, 0) is 0 Å². The van der Waals surface area contributed by atoms with Crippen LogP contribution in [0.1, 0.15) is 12.7 Å². The Hall–Kier alpha value is -1.43. The van der Waals surface area contributed by atoms with E-state index in [2.05, 4.69) is 25.8 Å². The van der Waals surface area contributed by atoms with Crippen molar-refractivity contribution in [1.82, 2.24) is 30.3 Å². The third-order valence-corrected chi connectivity index (χ3v) is 3.13. The number of ether oxygens (including phenoxy) is 1. The number of hydrogen-bond acceptors (Lipinski definition) is 5. The Morgan fingerprint density at radius 1 is 1.38 bits per heavy atom. The SMILES string of the molecule is CCc1nncn1CCNC(=NCC(=O)N(C)C)NCCOC.I. The fourth-order valence-electron chi connectivity index (χ4n) is 1.77. The van der Waals surface area contributed by atoms with Gasteiger partial charge in [-0.15, -0.1) is 34.2 Å². The minimum absolute atomic E-state index is 0. The van der Waals surface area contributed by atoms with Crippen molar-refractivity contribution in [1.29, 1.82) is 0 Å². The summed E-state index contributed by atoms with van der Waals surface area (Å²) in [6.45, 7) is 4.70. The van der Waals surface area contributed by atoms with Gasteiger partial charge in [0.1, 0.15) is 18.7 Å². The van der Waals surface area contributed by atoms with Crippen molar-refractivity contribution in [2.75, 3.05) is 47.4 Å². The number of nitrogens with zero attached hydrogens (tertiary/aromatic N) is 5. The number of amides is 1. The van der Waals surface area contributed by atoms with Gasteiger partial charge in [-0.2, -0.15) is 0 Å². The normalized spacial score (nSPS) is 10.9. The maximum atomic E-state index is 11.6. The molecule has 138 valence electrons. The molecule has 0 aliphatic heterocycles. The number of rotatable bonds is 9. The molecule has 1 aromatic rings. The zero-order valence-corrected chi connectivity index (χ0v) is 17.1. The van der Waals surface area contributed by atoms with Crippen molar-refractivity contribution in [3.05, 3.63) is 12.2 Å². The Balaban J connectivity index is 0.00000529. The monoisotopic (exact) mass is 453 g/mol. The van der Waals surface area contributed by atoms with Gasteiger partial charge < -0.3 is 24.8 Å². The van der Waals surface area contributed by atoms with Crippen molar-refractivity contribution in [3.63, 3.8) is 0 Å². The van der Waals surface area contributed by atoms with E-state index >= 15 is 0 Å². The first-order valence-corrected chi connectivity index (χ1v) is 7.66. The average Bonchev–Trinajstić information content (AvgIpc) is 2.99. The summed E-state index contributed by atoms with van der Waals surface area (Å²) < 4.78 is 7.00. The lowest BCUT2D eigenvalue weighted by Crippen LogP contribution is -2.41. The maximum absolute atomic E-state index is 11.6. The number of carbonyl (C=O) groups excluding carboxylic acids is 1. The van der Waals surface area contributed by atoms with E-state index in [1.807, 2.05) is 11.5 Å². The zero-order chi connectivity index (χ0) is 17.1. The summed E-state index contributed by atoms with van der Waals surface area (Å²) in [5.74, 6) is 1.48. The lowest BCUT2D eigenvalue weighted by molar-refractivity contribution is -0.127. The van der Waals surface area contributed by atoms with Crippen molar-refractivity contribution in [3.8, 4) is 0 Å². The standard InChI is InChI=1S/C14H27N7O2.HI/c1-5-12-19-18-11-21(12)8-6-15-14(16-7-9-23-4)17-10-13(22)20(2)3;/h11H,5-10H2,1-4H3,(H2,15,16,17);1H. The molecule has 1 heterocycles. The highest BCUT2D eigenvalue weighted by molar-refractivity contribution is 14.0. The number of carbonyl (C=O) groups is 1. The van der Waals surface area contributed by atoms with Crippen LogP contribution in [0.25, 0.3) is 0 Å². The summed E-state index contributed by atoms with van der Waals surface area (Å²) in [6.07, 6.45) is 2.55. The van der Waals surface area contributed by atoms with Gasteiger partial charge in [-0.25, -0.2) is 4.99 Å². The first-order valence-electron chi connectivity index (χ1n) is 7.66. The van der Waals surface area contributed by atoms with Crippen LogP contribution in [0.3, 0.4) is 0 Å². The molecule has 0 unspecified atom stereocenters. The molecule has 2 N–H and O–H groups in total. The summed E-state index contributed by atoms with van der Waals surface area (Å²) >= 11 is 0. The van der Waals surface area contributed by atoms with E-state index in [-0.39, 0.29) is 36.4 Å². The minimum Gasteiger partial charge on any atom is -0.383 e. The van der Waals surface area contributed by atoms with Crippen LogP contribution in [0.2, 0.25) is 0 Å². The minimum atomic E-state index is -0.0510. The second-order valence-electron chi connectivity index (χ2n) is 5.09. The number of methoxy groups -OCH3 is 1. The van der Waals surface area contributed by atoms with Crippen molar-refractivity contribution in [2.24, 2.45) is 4.99 Å². The Labute approximate surface area is 160 Å². The fourth-order valence-corrected chi connectivity index (χ4v) is 1.77. The Bertz CT molecular complexity index is 505. The second kappa shape index (κ2) is 12.9. The molecule has 0 atom stereocenters. The summed E-state index contributed by atoms with van der Waals surface area (Å²) in [5.41, 5.74) is 0. The van der Waals surface area contributed by atoms with Crippen molar-refractivity contribution in [2.45, 2.75) is 19.9 Å². The lowest BCUT2D eigenvalue weighted by atomic mass is 10.4. The number of likely N-dealkylation sites (N-methyl/N-ethyl adjacent to an activating group) is 1. The summed E-state index contributed by atoms with van der Waals surface area (Å²) in [6, 6.07) is 0. The number of aryl methyl sites for hydroxylation is 1. The number of aliphatic imine (C=N–C) groups is 1. The van der Waals surface area contributed by atoms with E-state index in [0.717, 1.165) is 18.8 Å². The quantitative estimate of drug-likeness (QED) is 0.231. The smallest absolute Gasteiger partial charge is 0.243 e. The third kappa shape index (κ3) is 8.43. The molecule has 0 aliphatic carbocycles. The fraction of sp³-hybridized carbons (Fsp3) is 0.714. The number of halogens is 1. The van der Waals surface area contributed by atoms with Gasteiger partial charge in [-0.1, -0.05) is 6.92 Å². The molecule has 0 saturated heterocycles. The Morgan fingerprint density at radius 2 is 2.08 bits per heavy atom. The molecular weight excluding hydrogens is 425 g/mol. The molecule has 0 bridgehead atoms. The predicted molar refractivity (Wildman–Crippen MR) is 104 cm³/mol. The van der Waals surface area contributed by atoms with E-state index in [0.29, 0.717) is 25.7 Å². The molecule has 1 aromatic heterocycles. The molecule has 0 aromatic carbocycles. The van der Waals surface area contributed by atoms with E-state index in [4.69, 9.17) is 4.74 Å². The second-order valence-corrected chi connectivity index (χ2v) is 5.09. The van der Waals surface area contributed by atoms with Crippen LogP contribution in [0.15, 0.2) is 11.3 Å². The molecule has 0 fully saturated rings. The molecule has 0 saturated carbocycles. The highest BCUT2D eigenvalue weighted by Gasteiger charge is 2.05. The molecule has 0 aliphatic rings. The number of aromatic nitrogens is 3. The molecule has 1 rings (SSSR count). The van der Waals surface area contributed by atoms with Crippen LogP contribution < -0.4 is 10.6 Å². The van der Waals surface area contributed by atoms with Crippen LogP contribution in [0.4, 0.5) is 0 Å². The van der Waals surface area contributed by atoms with Crippen LogP contribution in [-0.4, -0.2) is 79.0 Å². The Morgan fingerprint density at radius 3 is 2.71 bits per heavy atom. The van der Waals surface area contributed by atoms with Gasteiger partial charge in [0.25, 0.3) is 0 Å². The van der Waals surface area contributed by atoms with Crippen molar-refractivity contribution < 1.29 is 9.53 Å². The third-order valence-electron chi connectivity index (χ3n) is 3.13. The zero-order valence-electron chi connectivity index (χ0n) is 14.8. The largest absolute Gasteiger partial charge is 0.383 e. The van der Waals surface area contributed by atoms with E-state index < -0.39 is 0 Å². The number of guanidine groups is 1. The molecule has 9 nitrogen and oxygen atoms in total. The van der Waals surface area contributed by atoms with Crippen LogP contribution in [-0.2, 0) is 22.5 Å². The maximum Gasteiger partial charge on any atom is 0.243 e. The highest BCUT2D eigenvalue weighted by atomic mass is 127. The molecule has 24 heavy (non-hydrogen) atoms. The molecule has 0 spiro atoms. The molecular formula is C14H28IN7O2. The van der Waals surface area contributed by atoms with Crippen LogP contribution in [0, 0.1) is 0 Å². The van der Waals surface area contributed by atoms with Crippen LogP contribution in [0.5, 0.6) is 0 Å². The lowest BCUT2D eigenvalue weighted by Gasteiger charge is -2.14. The first-order chi connectivity index (χ1) is 11.1. The Kier molecular flexibility index (Phi) is 12.2. The van der Waals surface area contributed by atoms with E-state index in [1.54, 1.807) is 27.5 Å². The average molecular weight is 453 g/mol. The summed E-state index contributed by atoms with van der Waals surface area (Å²) in [4.78, 5) is 17.4. The molecule has 10 heteroatoms. The molecule has 0 radical (unpaired) electrons. The van der Waals surface area contributed by atoms with E-state index in [1.165, 1.54) is 4.90 Å².